The van der Waals surface area contributed by atoms with Crippen molar-refractivity contribution in [1.29, 1.82) is 0 Å². The summed E-state index contributed by atoms with van der Waals surface area (Å²) in [6.07, 6.45) is 5.02. The third-order valence-corrected chi connectivity index (χ3v) is 5.02. The van der Waals surface area contributed by atoms with Gasteiger partial charge in [-0.15, -0.1) is 0 Å². The molecule has 0 heterocycles. The van der Waals surface area contributed by atoms with E-state index in [2.05, 4.69) is 52.4 Å². The summed E-state index contributed by atoms with van der Waals surface area (Å²) in [6.45, 7) is 2.93. The van der Waals surface area contributed by atoms with Gasteiger partial charge >= 0.3 is 0 Å². The number of nitrogens with one attached hydrogen (secondary N) is 1. The van der Waals surface area contributed by atoms with E-state index in [0.29, 0.717) is 4.83 Å². The minimum Gasteiger partial charge on any atom is -0.356 e. The van der Waals surface area contributed by atoms with Crippen LogP contribution in [0.25, 0.3) is 0 Å². The van der Waals surface area contributed by atoms with Crippen LogP contribution in [0, 0.1) is 5.92 Å². The standard InChI is InChI=1S/C16H22BrNO/c1-2-15(17)9-10-18-16(19)14-8-7-12-5-3-4-6-13(12)11-14/h3-6,14-15H,2,7-11H2,1H3,(H,18,19). The Bertz CT molecular complexity index is 433. The van der Waals surface area contributed by atoms with Crippen LogP contribution >= 0.6 is 15.9 Å². The summed E-state index contributed by atoms with van der Waals surface area (Å²) < 4.78 is 0. The molecule has 1 aliphatic rings. The van der Waals surface area contributed by atoms with Crippen LogP contribution in [0.3, 0.4) is 0 Å². The predicted octanol–water partition coefficient (Wildman–Crippen LogP) is 3.47. The van der Waals surface area contributed by atoms with E-state index in [9.17, 15) is 4.79 Å². The molecule has 19 heavy (non-hydrogen) atoms. The van der Waals surface area contributed by atoms with E-state index in [-0.39, 0.29) is 11.8 Å². The summed E-state index contributed by atoms with van der Waals surface area (Å²) in [4.78, 5) is 12.7. The van der Waals surface area contributed by atoms with Crippen LogP contribution in [-0.2, 0) is 17.6 Å². The zero-order valence-corrected chi connectivity index (χ0v) is 13.1. The smallest absolute Gasteiger partial charge is 0.223 e. The van der Waals surface area contributed by atoms with Crippen molar-refractivity contribution in [3.05, 3.63) is 35.4 Å². The minimum atomic E-state index is 0.158. The lowest BCUT2D eigenvalue weighted by atomic mass is 9.83. The molecule has 1 aromatic carbocycles. The van der Waals surface area contributed by atoms with Gasteiger partial charge in [-0.05, 0) is 43.2 Å². The molecule has 0 spiro atoms. The van der Waals surface area contributed by atoms with Crippen molar-refractivity contribution in [3.8, 4) is 0 Å². The Balaban J connectivity index is 1.82. The van der Waals surface area contributed by atoms with Crippen LogP contribution in [-0.4, -0.2) is 17.3 Å². The Morgan fingerprint density at radius 3 is 2.89 bits per heavy atom. The minimum absolute atomic E-state index is 0.158. The van der Waals surface area contributed by atoms with Crippen molar-refractivity contribution in [2.24, 2.45) is 5.92 Å². The van der Waals surface area contributed by atoms with E-state index in [1.165, 1.54) is 11.1 Å². The highest BCUT2D eigenvalue weighted by Crippen LogP contribution is 2.25. The first-order valence-corrected chi connectivity index (χ1v) is 8.10. The van der Waals surface area contributed by atoms with Gasteiger partial charge in [0.1, 0.15) is 0 Å². The molecule has 2 rings (SSSR count). The first-order chi connectivity index (χ1) is 9.20. The fourth-order valence-corrected chi connectivity index (χ4v) is 2.85. The van der Waals surface area contributed by atoms with Gasteiger partial charge in [-0.25, -0.2) is 0 Å². The average molecular weight is 324 g/mol. The van der Waals surface area contributed by atoms with Gasteiger partial charge in [0.25, 0.3) is 0 Å². The zero-order valence-electron chi connectivity index (χ0n) is 11.5. The highest BCUT2D eigenvalue weighted by atomic mass is 79.9. The lowest BCUT2D eigenvalue weighted by Gasteiger charge is -2.24. The molecular formula is C16H22BrNO. The van der Waals surface area contributed by atoms with Gasteiger partial charge in [-0.2, -0.15) is 0 Å². The Morgan fingerprint density at radius 1 is 1.42 bits per heavy atom. The number of carbonyl (C=O) groups excluding carboxylic acids is 1. The number of halogens is 1. The number of benzene rings is 1. The summed E-state index contributed by atoms with van der Waals surface area (Å²) in [6, 6.07) is 8.48. The molecule has 3 heteroatoms. The van der Waals surface area contributed by atoms with Gasteiger partial charge in [0, 0.05) is 17.3 Å². The average Bonchev–Trinajstić information content (AvgIpc) is 2.46. The summed E-state index contributed by atoms with van der Waals surface area (Å²) >= 11 is 3.59. The number of alkyl halides is 1. The fraction of sp³-hybridized carbons (Fsp3) is 0.562. The Kier molecular flexibility index (Phi) is 5.44. The predicted molar refractivity (Wildman–Crippen MR) is 82.6 cm³/mol. The van der Waals surface area contributed by atoms with Crippen molar-refractivity contribution in [2.75, 3.05) is 6.54 Å². The molecule has 1 aliphatic carbocycles. The molecule has 2 nitrogen and oxygen atoms in total. The topological polar surface area (TPSA) is 29.1 Å². The fourth-order valence-electron chi connectivity index (χ4n) is 2.62. The SMILES string of the molecule is CCC(Br)CCNC(=O)C1CCc2ccccc2C1. The maximum Gasteiger partial charge on any atom is 0.223 e. The first-order valence-electron chi connectivity index (χ1n) is 7.19. The highest BCUT2D eigenvalue weighted by Gasteiger charge is 2.23. The van der Waals surface area contributed by atoms with Gasteiger partial charge in [0.05, 0.1) is 0 Å². The van der Waals surface area contributed by atoms with E-state index < -0.39 is 0 Å². The second kappa shape index (κ2) is 7.09. The molecule has 2 unspecified atom stereocenters. The van der Waals surface area contributed by atoms with Crippen molar-refractivity contribution in [1.82, 2.24) is 5.32 Å². The third-order valence-electron chi connectivity index (χ3n) is 3.92. The summed E-state index contributed by atoms with van der Waals surface area (Å²) in [5, 5.41) is 3.08. The summed E-state index contributed by atoms with van der Waals surface area (Å²) in [5.41, 5.74) is 2.76. The number of aryl methyl sites for hydroxylation is 1. The number of rotatable bonds is 5. The van der Waals surface area contributed by atoms with E-state index in [0.717, 1.165) is 38.6 Å². The molecule has 0 radical (unpaired) electrons. The first kappa shape index (κ1) is 14.6. The zero-order chi connectivity index (χ0) is 13.7. The molecule has 0 fully saturated rings. The molecule has 0 saturated heterocycles. The Morgan fingerprint density at radius 2 is 2.16 bits per heavy atom. The molecule has 0 bridgehead atoms. The molecule has 1 aromatic rings. The van der Waals surface area contributed by atoms with Crippen molar-refractivity contribution >= 4 is 21.8 Å². The number of carbonyl (C=O) groups is 1. The van der Waals surface area contributed by atoms with E-state index in [1.54, 1.807) is 0 Å². The quantitative estimate of drug-likeness (QED) is 0.826. The summed E-state index contributed by atoms with van der Waals surface area (Å²) in [7, 11) is 0. The molecule has 2 atom stereocenters. The molecule has 104 valence electrons. The van der Waals surface area contributed by atoms with Crippen molar-refractivity contribution in [2.45, 2.75) is 43.9 Å². The monoisotopic (exact) mass is 323 g/mol. The van der Waals surface area contributed by atoms with Crippen LogP contribution in [0.1, 0.15) is 37.3 Å². The lowest BCUT2D eigenvalue weighted by molar-refractivity contribution is -0.125. The van der Waals surface area contributed by atoms with Crippen LogP contribution in [0.4, 0.5) is 0 Å². The van der Waals surface area contributed by atoms with Crippen LogP contribution in [0.5, 0.6) is 0 Å². The second-order valence-corrected chi connectivity index (χ2v) is 6.59. The van der Waals surface area contributed by atoms with Crippen molar-refractivity contribution in [3.63, 3.8) is 0 Å². The summed E-state index contributed by atoms with van der Waals surface area (Å²) in [5.74, 6) is 0.385. The van der Waals surface area contributed by atoms with Gasteiger partial charge < -0.3 is 5.32 Å². The molecular weight excluding hydrogens is 302 g/mol. The normalized spacial score (nSPS) is 19.6. The van der Waals surface area contributed by atoms with Gasteiger partial charge in [0.15, 0.2) is 0 Å². The molecule has 1 N–H and O–H groups in total. The van der Waals surface area contributed by atoms with Gasteiger partial charge in [0.2, 0.25) is 5.91 Å². The Labute approximate surface area is 124 Å². The van der Waals surface area contributed by atoms with Crippen LogP contribution in [0.2, 0.25) is 0 Å². The molecule has 0 saturated carbocycles. The number of fused-ring (bicyclic) bond motifs is 1. The third kappa shape index (κ3) is 4.07. The Hall–Kier alpha value is -0.830. The largest absolute Gasteiger partial charge is 0.356 e. The number of hydrogen-bond donors (Lipinski definition) is 1. The van der Waals surface area contributed by atoms with E-state index in [1.807, 2.05) is 0 Å². The maximum atomic E-state index is 12.2. The number of hydrogen-bond acceptors (Lipinski definition) is 1. The van der Waals surface area contributed by atoms with Gasteiger partial charge in [-0.1, -0.05) is 47.1 Å². The highest BCUT2D eigenvalue weighted by molar-refractivity contribution is 9.09. The maximum absolute atomic E-state index is 12.2. The van der Waals surface area contributed by atoms with Crippen molar-refractivity contribution < 1.29 is 4.79 Å². The van der Waals surface area contributed by atoms with Gasteiger partial charge in [-0.3, -0.25) is 4.79 Å². The lowest BCUT2D eigenvalue weighted by Crippen LogP contribution is -2.35. The van der Waals surface area contributed by atoms with E-state index in [4.69, 9.17) is 0 Å². The number of amides is 1. The molecule has 1 amide bonds. The van der Waals surface area contributed by atoms with E-state index >= 15 is 0 Å². The van der Waals surface area contributed by atoms with Crippen LogP contribution in [0.15, 0.2) is 24.3 Å². The molecule has 0 aromatic heterocycles. The second-order valence-electron chi connectivity index (χ2n) is 5.29. The molecule has 0 aliphatic heterocycles. The van der Waals surface area contributed by atoms with Crippen LogP contribution < -0.4 is 5.32 Å².